The molecule has 0 aliphatic carbocycles. The highest BCUT2D eigenvalue weighted by atomic mass is 79.9. The summed E-state index contributed by atoms with van der Waals surface area (Å²) in [5.74, 6) is 0. The van der Waals surface area contributed by atoms with Crippen LogP contribution in [-0.4, -0.2) is 6.29 Å². The Hall–Kier alpha value is -0.930. The normalized spacial score (nSPS) is 10.1. The fourth-order valence-corrected chi connectivity index (χ4v) is 2.43. The molecule has 2 aromatic rings. The van der Waals surface area contributed by atoms with Crippen molar-refractivity contribution in [2.24, 2.45) is 0 Å². The minimum Gasteiger partial charge on any atom is -0.297 e. The molecule has 3 heteroatoms. The lowest BCUT2D eigenvalue weighted by atomic mass is 10.1. The van der Waals surface area contributed by atoms with Crippen LogP contribution in [0.2, 0.25) is 0 Å². The van der Waals surface area contributed by atoms with E-state index in [-0.39, 0.29) is 0 Å². The Morgan fingerprint density at radius 1 is 1.29 bits per heavy atom. The lowest BCUT2D eigenvalue weighted by Gasteiger charge is -1.99. The molecule has 70 valence electrons. The van der Waals surface area contributed by atoms with Crippen LogP contribution in [-0.2, 0) is 0 Å². The Morgan fingerprint density at radius 3 is 2.86 bits per heavy atom. The first-order valence-electron chi connectivity index (χ1n) is 4.10. The van der Waals surface area contributed by atoms with Crippen LogP contribution in [0.25, 0.3) is 11.1 Å². The van der Waals surface area contributed by atoms with E-state index in [0.29, 0.717) is 0 Å². The van der Waals surface area contributed by atoms with Crippen molar-refractivity contribution in [2.75, 3.05) is 0 Å². The van der Waals surface area contributed by atoms with Gasteiger partial charge in [-0.25, -0.2) is 0 Å². The number of thiophene rings is 1. The lowest BCUT2D eigenvalue weighted by molar-refractivity contribution is 0.112. The average molecular weight is 267 g/mol. The number of aldehydes is 1. The zero-order valence-corrected chi connectivity index (χ0v) is 9.64. The molecule has 0 radical (unpaired) electrons. The monoisotopic (exact) mass is 266 g/mol. The molecule has 0 atom stereocenters. The summed E-state index contributed by atoms with van der Waals surface area (Å²) in [6.45, 7) is 0. The van der Waals surface area contributed by atoms with Crippen molar-refractivity contribution in [3.05, 3.63) is 45.1 Å². The first-order valence-corrected chi connectivity index (χ1v) is 5.77. The molecule has 1 heterocycles. The molecule has 0 saturated carbocycles. The predicted molar refractivity (Wildman–Crippen MR) is 62.8 cm³/mol. The van der Waals surface area contributed by atoms with Gasteiger partial charge in [-0.3, -0.25) is 4.79 Å². The van der Waals surface area contributed by atoms with Gasteiger partial charge in [0.15, 0.2) is 6.29 Å². The summed E-state index contributed by atoms with van der Waals surface area (Å²) in [7, 11) is 0. The van der Waals surface area contributed by atoms with Gasteiger partial charge in [0.05, 0.1) is 4.88 Å². The third-order valence-electron chi connectivity index (χ3n) is 1.94. The largest absolute Gasteiger partial charge is 0.297 e. The quantitative estimate of drug-likeness (QED) is 0.752. The molecule has 0 bridgehead atoms. The molecule has 0 unspecified atom stereocenters. The second kappa shape index (κ2) is 4.07. The number of rotatable bonds is 2. The van der Waals surface area contributed by atoms with Crippen molar-refractivity contribution in [1.29, 1.82) is 0 Å². The topological polar surface area (TPSA) is 17.1 Å². The first kappa shape index (κ1) is 9.62. The van der Waals surface area contributed by atoms with Crippen LogP contribution in [0.4, 0.5) is 0 Å². The summed E-state index contributed by atoms with van der Waals surface area (Å²) in [6.07, 6.45) is 0.904. The summed E-state index contributed by atoms with van der Waals surface area (Å²) in [5, 5.41) is 1.93. The zero-order chi connectivity index (χ0) is 9.97. The van der Waals surface area contributed by atoms with E-state index in [1.807, 2.05) is 35.7 Å². The maximum Gasteiger partial charge on any atom is 0.160 e. The molecule has 0 amide bonds. The van der Waals surface area contributed by atoms with Gasteiger partial charge in [0.1, 0.15) is 0 Å². The van der Waals surface area contributed by atoms with Crippen molar-refractivity contribution in [2.45, 2.75) is 0 Å². The zero-order valence-electron chi connectivity index (χ0n) is 7.24. The second-order valence-corrected chi connectivity index (χ2v) is 4.69. The summed E-state index contributed by atoms with van der Waals surface area (Å²) < 4.78 is 1.03. The smallest absolute Gasteiger partial charge is 0.160 e. The molecule has 0 spiro atoms. The van der Waals surface area contributed by atoms with Gasteiger partial charge in [-0.05, 0) is 29.1 Å². The van der Waals surface area contributed by atoms with Gasteiger partial charge in [0.25, 0.3) is 0 Å². The molecule has 1 nitrogen and oxygen atoms in total. The summed E-state index contributed by atoms with van der Waals surface area (Å²) >= 11 is 4.88. The fourth-order valence-electron chi connectivity index (χ4n) is 1.31. The van der Waals surface area contributed by atoms with Gasteiger partial charge in [0, 0.05) is 10.0 Å². The number of hydrogen-bond donors (Lipinski definition) is 0. The Morgan fingerprint density at radius 2 is 2.14 bits per heavy atom. The Bertz CT molecular complexity index is 462. The number of carbonyl (C=O) groups excluding carboxylic acids is 1. The van der Waals surface area contributed by atoms with E-state index in [2.05, 4.69) is 15.9 Å². The Balaban J connectivity index is 2.54. The second-order valence-electron chi connectivity index (χ2n) is 2.83. The van der Waals surface area contributed by atoms with E-state index in [9.17, 15) is 4.79 Å². The van der Waals surface area contributed by atoms with Crippen LogP contribution in [0.3, 0.4) is 0 Å². The van der Waals surface area contributed by atoms with Crippen LogP contribution < -0.4 is 0 Å². The van der Waals surface area contributed by atoms with E-state index in [1.165, 1.54) is 11.3 Å². The maximum atomic E-state index is 10.7. The van der Waals surface area contributed by atoms with Gasteiger partial charge in [0.2, 0.25) is 0 Å². The predicted octanol–water partition coefficient (Wildman–Crippen LogP) is 3.99. The molecule has 2 rings (SSSR count). The number of hydrogen-bond acceptors (Lipinski definition) is 2. The third-order valence-corrected chi connectivity index (χ3v) is 3.27. The van der Waals surface area contributed by atoms with E-state index < -0.39 is 0 Å². The van der Waals surface area contributed by atoms with E-state index in [4.69, 9.17) is 0 Å². The van der Waals surface area contributed by atoms with Crippen LogP contribution in [0, 0.1) is 0 Å². The summed E-state index contributed by atoms with van der Waals surface area (Å²) in [4.78, 5) is 11.5. The minimum atomic E-state index is 0.781. The standard InChI is InChI=1S/C11H7BrOS/c12-9-3-1-2-8(6-9)10-4-5-14-11(10)7-13/h1-7H. The van der Waals surface area contributed by atoms with E-state index in [1.54, 1.807) is 0 Å². The molecule has 0 aliphatic rings. The molecule has 0 aliphatic heterocycles. The SMILES string of the molecule is O=Cc1sccc1-c1cccc(Br)c1. The summed E-state index contributed by atoms with van der Waals surface area (Å²) in [5.41, 5.74) is 2.08. The molecule has 1 aromatic carbocycles. The number of carbonyl (C=O) groups is 1. The summed E-state index contributed by atoms with van der Waals surface area (Å²) in [6, 6.07) is 9.91. The van der Waals surface area contributed by atoms with E-state index in [0.717, 1.165) is 26.8 Å². The van der Waals surface area contributed by atoms with E-state index >= 15 is 0 Å². The number of benzene rings is 1. The van der Waals surface area contributed by atoms with Gasteiger partial charge < -0.3 is 0 Å². The Kier molecular flexibility index (Phi) is 2.79. The number of halogens is 1. The van der Waals surface area contributed by atoms with Crippen molar-refractivity contribution < 1.29 is 4.79 Å². The van der Waals surface area contributed by atoms with Crippen LogP contribution in [0.5, 0.6) is 0 Å². The molecule has 1 aromatic heterocycles. The van der Waals surface area contributed by atoms with Crippen molar-refractivity contribution in [1.82, 2.24) is 0 Å². The van der Waals surface area contributed by atoms with Crippen LogP contribution in [0.15, 0.2) is 40.2 Å². The van der Waals surface area contributed by atoms with Crippen LogP contribution in [0.1, 0.15) is 9.67 Å². The van der Waals surface area contributed by atoms with Crippen LogP contribution >= 0.6 is 27.3 Å². The third kappa shape index (κ3) is 1.79. The molecule has 0 N–H and O–H groups in total. The van der Waals surface area contributed by atoms with Gasteiger partial charge in [-0.15, -0.1) is 11.3 Å². The van der Waals surface area contributed by atoms with Gasteiger partial charge >= 0.3 is 0 Å². The maximum absolute atomic E-state index is 10.7. The van der Waals surface area contributed by atoms with Gasteiger partial charge in [-0.2, -0.15) is 0 Å². The highest BCUT2D eigenvalue weighted by molar-refractivity contribution is 9.10. The first-order chi connectivity index (χ1) is 6.81. The molecule has 0 saturated heterocycles. The van der Waals surface area contributed by atoms with Gasteiger partial charge in [-0.1, -0.05) is 28.1 Å². The fraction of sp³-hybridized carbons (Fsp3) is 0. The molecule has 14 heavy (non-hydrogen) atoms. The molecular weight excluding hydrogens is 260 g/mol. The van der Waals surface area contributed by atoms with Crippen molar-refractivity contribution >= 4 is 33.6 Å². The molecular formula is C11H7BrOS. The van der Waals surface area contributed by atoms with Crippen molar-refractivity contribution in [3.8, 4) is 11.1 Å². The Labute approximate surface area is 94.5 Å². The van der Waals surface area contributed by atoms with Crippen molar-refractivity contribution in [3.63, 3.8) is 0 Å². The lowest BCUT2D eigenvalue weighted by Crippen LogP contribution is -1.79. The minimum absolute atomic E-state index is 0.781. The highest BCUT2D eigenvalue weighted by Crippen LogP contribution is 2.28. The highest BCUT2D eigenvalue weighted by Gasteiger charge is 2.05. The average Bonchev–Trinajstić information content (AvgIpc) is 2.65. The molecule has 0 fully saturated rings.